The Labute approximate surface area is 182 Å². The number of ether oxygens (including phenoxy) is 1. The topological polar surface area (TPSA) is 87.7 Å². The van der Waals surface area contributed by atoms with Gasteiger partial charge in [-0.15, -0.1) is 11.3 Å². The molecule has 2 aromatic rings. The second-order valence-electron chi connectivity index (χ2n) is 7.67. The second kappa shape index (κ2) is 9.91. The molecule has 0 saturated heterocycles. The molecule has 1 heterocycles. The van der Waals surface area contributed by atoms with Crippen molar-refractivity contribution in [2.75, 3.05) is 27.7 Å². The van der Waals surface area contributed by atoms with Crippen LogP contribution in [0.25, 0.3) is 0 Å². The van der Waals surface area contributed by atoms with Gasteiger partial charge in [0.25, 0.3) is 5.91 Å². The summed E-state index contributed by atoms with van der Waals surface area (Å²) in [5.74, 6) is -0.0971. The molecule has 1 amide bonds. The van der Waals surface area contributed by atoms with Crippen LogP contribution in [0.15, 0.2) is 40.6 Å². The van der Waals surface area contributed by atoms with Crippen LogP contribution in [0.1, 0.15) is 47.0 Å². The van der Waals surface area contributed by atoms with Crippen LogP contribution < -0.4 is 14.8 Å². The van der Waals surface area contributed by atoms with Crippen molar-refractivity contribution in [3.05, 3.63) is 46.2 Å². The molecule has 1 aromatic heterocycles. The first kappa shape index (κ1) is 22.7. The summed E-state index contributed by atoms with van der Waals surface area (Å²) in [6.07, 6.45) is 3.70. The molecule has 0 spiro atoms. The third kappa shape index (κ3) is 5.40. The first-order chi connectivity index (χ1) is 14.3. The van der Waals surface area contributed by atoms with Crippen molar-refractivity contribution in [3.8, 4) is 5.75 Å². The smallest absolute Gasteiger partial charge is 0.251 e. The van der Waals surface area contributed by atoms with E-state index in [0.717, 1.165) is 30.6 Å². The van der Waals surface area contributed by atoms with Crippen molar-refractivity contribution in [3.63, 3.8) is 0 Å². The van der Waals surface area contributed by atoms with E-state index in [0.29, 0.717) is 6.54 Å². The number of rotatable bonds is 9. The van der Waals surface area contributed by atoms with Crippen LogP contribution in [0.3, 0.4) is 0 Å². The number of nitrogens with zero attached hydrogens (tertiary/aromatic N) is 1. The number of methoxy groups -OCH3 is 1. The minimum Gasteiger partial charge on any atom is -0.495 e. The van der Waals surface area contributed by atoms with Gasteiger partial charge < -0.3 is 15.0 Å². The van der Waals surface area contributed by atoms with Crippen LogP contribution in [0.5, 0.6) is 5.75 Å². The van der Waals surface area contributed by atoms with Gasteiger partial charge in [0.15, 0.2) is 0 Å². The molecule has 0 aliphatic heterocycles. The van der Waals surface area contributed by atoms with Crippen LogP contribution in [0.4, 0.5) is 0 Å². The molecule has 7 nitrogen and oxygen atoms in total. The maximum absolute atomic E-state index is 12.9. The van der Waals surface area contributed by atoms with E-state index < -0.39 is 10.0 Å². The van der Waals surface area contributed by atoms with E-state index in [9.17, 15) is 13.2 Å². The molecule has 3 rings (SSSR count). The van der Waals surface area contributed by atoms with Crippen molar-refractivity contribution in [1.82, 2.24) is 14.9 Å². The third-order valence-corrected chi connectivity index (χ3v) is 7.86. The molecule has 1 saturated carbocycles. The number of carbonyl (C=O) groups is 1. The molecule has 1 aliphatic rings. The van der Waals surface area contributed by atoms with E-state index in [2.05, 4.69) is 10.0 Å². The van der Waals surface area contributed by atoms with E-state index in [1.807, 2.05) is 36.5 Å². The number of sulfonamides is 1. The minimum absolute atomic E-state index is 0.00744. The van der Waals surface area contributed by atoms with Crippen molar-refractivity contribution in [2.45, 2.75) is 42.7 Å². The Balaban J connectivity index is 1.77. The van der Waals surface area contributed by atoms with Gasteiger partial charge in [-0.25, -0.2) is 13.1 Å². The zero-order valence-electron chi connectivity index (χ0n) is 17.6. The number of thiophene rings is 1. The molecule has 1 unspecified atom stereocenters. The highest BCUT2D eigenvalue weighted by Gasteiger charge is 2.27. The SMILES string of the molecule is COc1ccc(C(=O)NCC(c2cccs2)N(C)C)cc1S(=O)(=O)NC1CCCC1. The van der Waals surface area contributed by atoms with E-state index in [4.69, 9.17) is 4.74 Å². The average molecular weight is 452 g/mol. The van der Waals surface area contributed by atoms with Gasteiger partial charge in [-0.3, -0.25) is 4.79 Å². The predicted molar refractivity (Wildman–Crippen MR) is 119 cm³/mol. The number of hydrogen-bond acceptors (Lipinski definition) is 6. The van der Waals surface area contributed by atoms with E-state index >= 15 is 0 Å². The minimum atomic E-state index is -3.78. The molecule has 1 aromatic carbocycles. The predicted octanol–water partition coefficient (Wildman–Crippen LogP) is 3.01. The van der Waals surface area contributed by atoms with Crippen molar-refractivity contribution in [2.24, 2.45) is 0 Å². The normalized spacial score (nSPS) is 16.0. The molecule has 164 valence electrons. The number of likely N-dealkylation sites (N-methyl/N-ethyl adjacent to an activating group) is 1. The number of benzene rings is 1. The van der Waals surface area contributed by atoms with Crippen molar-refractivity contribution >= 4 is 27.3 Å². The summed E-state index contributed by atoms with van der Waals surface area (Å²) in [6, 6.07) is 8.49. The molecule has 1 aliphatic carbocycles. The van der Waals surface area contributed by atoms with Crippen molar-refractivity contribution in [1.29, 1.82) is 0 Å². The number of hydrogen-bond donors (Lipinski definition) is 2. The summed E-state index contributed by atoms with van der Waals surface area (Å²) in [4.78, 5) is 16.0. The van der Waals surface area contributed by atoms with Crippen LogP contribution in [-0.4, -0.2) is 53.0 Å². The molecular formula is C21H29N3O4S2. The summed E-state index contributed by atoms with van der Waals surface area (Å²) in [6.45, 7) is 0.417. The van der Waals surface area contributed by atoms with Crippen LogP contribution in [0.2, 0.25) is 0 Å². The Bertz CT molecular complexity index is 953. The monoisotopic (exact) mass is 451 g/mol. The highest BCUT2D eigenvalue weighted by molar-refractivity contribution is 7.89. The van der Waals surface area contributed by atoms with Crippen LogP contribution in [0, 0.1) is 0 Å². The Morgan fingerprint density at radius 3 is 2.60 bits per heavy atom. The lowest BCUT2D eigenvalue weighted by Crippen LogP contribution is -2.35. The van der Waals surface area contributed by atoms with Gasteiger partial charge in [-0.2, -0.15) is 0 Å². The first-order valence-corrected chi connectivity index (χ1v) is 12.4. The standard InChI is InChI=1S/C21H29N3O4S2/c1-24(2)17(19-9-6-12-29-19)14-22-21(25)15-10-11-18(28-3)20(13-15)30(26,27)23-16-7-4-5-8-16/h6,9-13,16-17,23H,4-5,7-8,14H2,1-3H3,(H,22,25). The lowest BCUT2D eigenvalue weighted by atomic mass is 10.2. The van der Waals surface area contributed by atoms with E-state index in [1.165, 1.54) is 19.2 Å². The summed E-state index contributed by atoms with van der Waals surface area (Å²) >= 11 is 1.64. The molecular weight excluding hydrogens is 422 g/mol. The lowest BCUT2D eigenvalue weighted by Gasteiger charge is -2.23. The zero-order valence-corrected chi connectivity index (χ0v) is 19.2. The fourth-order valence-electron chi connectivity index (χ4n) is 3.66. The highest BCUT2D eigenvalue weighted by Crippen LogP contribution is 2.28. The maximum atomic E-state index is 12.9. The Morgan fingerprint density at radius 1 is 1.27 bits per heavy atom. The fraction of sp³-hybridized carbons (Fsp3) is 0.476. The third-order valence-electron chi connectivity index (χ3n) is 5.34. The Kier molecular flexibility index (Phi) is 7.51. The number of carbonyl (C=O) groups excluding carboxylic acids is 1. The molecule has 1 atom stereocenters. The van der Waals surface area contributed by atoms with E-state index in [1.54, 1.807) is 17.4 Å². The van der Waals surface area contributed by atoms with Crippen LogP contribution >= 0.6 is 11.3 Å². The average Bonchev–Trinajstić information content (AvgIpc) is 3.41. The molecule has 1 fully saturated rings. The molecule has 9 heteroatoms. The zero-order chi connectivity index (χ0) is 21.7. The van der Waals surface area contributed by atoms with Gasteiger partial charge in [0, 0.05) is 23.0 Å². The quantitative estimate of drug-likeness (QED) is 0.612. The lowest BCUT2D eigenvalue weighted by molar-refractivity contribution is 0.0942. The summed E-state index contributed by atoms with van der Waals surface area (Å²) in [7, 11) is 1.56. The first-order valence-electron chi connectivity index (χ1n) is 10.00. The number of amides is 1. The molecule has 2 N–H and O–H groups in total. The van der Waals surface area contributed by atoms with Gasteiger partial charge in [0.05, 0.1) is 13.2 Å². The summed E-state index contributed by atoms with van der Waals surface area (Å²) in [5, 5.41) is 4.93. The van der Waals surface area contributed by atoms with Crippen molar-refractivity contribution < 1.29 is 17.9 Å². The van der Waals surface area contributed by atoms with E-state index in [-0.39, 0.29) is 34.2 Å². The summed E-state index contributed by atoms with van der Waals surface area (Å²) < 4.78 is 33.9. The molecule has 0 radical (unpaired) electrons. The molecule has 0 bridgehead atoms. The second-order valence-corrected chi connectivity index (χ2v) is 10.3. The van der Waals surface area contributed by atoms with Gasteiger partial charge >= 0.3 is 0 Å². The van der Waals surface area contributed by atoms with Gasteiger partial charge in [0.1, 0.15) is 10.6 Å². The van der Waals surface area contributed by atoms with Gasteiger partial charge in [-0.05, 0) is 56.6 Å². The van der Waals surface area contributed by atoms with Gasteiger partial charge in [-0.1, -0.05) is 18.9 Å². The molecule has 30 heavy (non-hydrogen) atoms. The highest BCUT2D eigenvalue weighted by atomic mass is 32.2. The maximum Gasteiger partial charge on any atom is 0.251 e. The van der Waals surface area contributed by atoms with Crippen LogP contribution in [-0.2, 0) is 10.0 Å². The Hall–Kier alpha value is -1.94. The number of nitrogens with one attached hydrogen (secondary N) is 2. The fourth-order valence-corrected chi connectivity index (χ4v) is 6.09. The Morgan fingerprint density at radius 2 is 2.00 bits per heavy atom. The largest absolute Gasteiger partial charge is 0.495 e. The van der Waals surface area contributed by atoms with Gasteiger partial charge in [0.2, 0.25) is 10.0 Å². The summed E-state index contributed by atoms with van der Waals surface area (Å²) in [5.41, 5.74) is 0.284.